The van der Waals surface area contributed by atoms with E-state index in [1.54, 1.807) is 24.3 Å². The Balaban J connectivity index is 2.53. The molecule has 1 amide bonds. The van der Waals surface area contributed by atoms with E-state index >= 15 is 0 Å². The molecule has 0 aliphatic heterocycles. The molecule has 0 fully saturated rings. The number of primary amides is 1. The first-order valence-electron chi connectivity index (χ1n) is 4.86. The van der Waals surface area contributed by atoms with Crippen molar-refractivity contribution in [2.45, 2.75) is 6.92 Å². The minimum Gasteiger partial charge on any atom is -0.493 e. The van der Waals surface area contributed by atoms with Crippen molar-refractivity contribution in [2.75, 3.05) is 13.2 Å². The van der Waals surface area contributed by atoms with Crippen LogP contribution in [-0.4, -0.2) is 19.1 Å². The molecule has 1 atom stereocenters. The summed E-state index contributed by atoms with van der Waals surface area (Å²) in [5.74, 6) is 0.609. The van der Waals surface area contributed by atoms with E-state index in [2.05, 4.69) is 0 Å². The lowest BCUT2D eigenvalue weighted by Crippen LogP contribution is -2.18. The lowest BCUT2D eigenvalue weighted by Gasteiger charge is -2.10. The largest absolute Gasteiger partial charge is 0.493 e. The zero-order valence-corrected chi connectivity index (χ0v) is 8.77. The van der Waals surface area contributed by atoms with Crippen molar-refractivity contribution in [1.82, 2.24) is 0 Å². The molecule has 0 aromatic heterocycles. The van der Waals surface area contributed by atoms with Crippen LogP contribution in [-0.2, 0) is 0 Å². The number of ether oxygens (including phenoxy) is 1. The summed E-state index contributed by atoms with van der Waals surface area (Å²) in [5, 5.41) is 0. The van der Waals surface area contributed by atoms with Gasteiger partial charge in [0, 0.05) is 11.5 Å². The van der Waals surface area contributed by atoms with E-state index in [4.69, 9.17) is 16.2 Å². The van der Waals surface area contributed by atoms with Gasteiger partial charge in [0.25, 0.3) is 0 Å². The van der Waals surface area contributed by atoms with Gasteiger partial charge < -0.3 is 16.2 Å². The predicted molar refractivity (Wildman–Crippen MR) is 58.7 cm³/mol. The highest BCUT2D eigenvalue weighted by Gasteiger charge is 2.02. The number of carbonyl (C=O) groups excluding carboxylic acids is 1. The van der Waals surface area contributed by atoms with Gasteiger partial charge in [0.2, 0.25) is 5.91 Å². The van der Waals surface area contributed by atoms with Gasteiger partial charge in [-0.2, -0.15) is 0 Å². The molecule has 82 valence electrons. The van der Waals surface area contributed by atoms with Crippen LogP contribution in [0.1, 0.15) is 17.3 Å². The van der Waals surface area contributed by atoms with E-state index < -0.39 is 5.91 Å². The average Bonchev–Trinajstić information content (AvgIpc) is 2.26. The number of nitrogens with two attached hydrogens (primary N) is 2. The molecule has 0 heterocycles. The molecule has 1 unspecified atom stereocenters. The van der Waals surface area contributed by atoms with E-state index in [1.165, 1.54) is 0 Å². The van der Waals surface area contributed by atoms with Crippen LogP contribution < -0.4 is 16.2 Å². The first-order chi connectivity index (χ1) is 7.13. The van der Waals surface area contributed by atoms with Crippen LogP contribution in [0, 0.1) is 5.92 Å². The van der Waals surface area contributed by atoms with E-state index in [-0.39, 0.29) is 0 Å². The molecule has 1 aromatic rings. The van der Waals surface area contributed by atoms with Crippen LogP contribution >= 0.6 is 0 Å². The van der Waals surface area contributed by atoms with Crippen molar-refractivity contribution in [3.8, 4) is 5.75 Å². The fourth-order valence-electron chi connectivity index (χ4n) is 1.02. The van der Waals surface area contributed by atoms with Gasteiger partial charge in [0.15, 0.2) is 0 Å². The number of rotatable bonds is 5. The predicted octanol–water partition coefficient (Wildman–Crippen LogP) is 0.759. The van der Waals surface area contributed by atoms with Gasteiger partial charge in [-0.25, -0.2) is 0 Å². The summed E-state index contributed by atoms with van der Waals surface area (Å²) in [6.45, 7) is 3.18. The van der Waals surface area contributed by atoms with Gasteiger partial charge >= 0.3 is 0 Å². The normalized spacial score (nSPS) is 12.1. The summed E-state index contributed by atoms with van der Waals surface area (Å²) >= 11 is 0. The lowest BCUT2D eigenvalue weighted by atomic mass is 10.2. The minimum absolute atomic E-state index is 0.320. The monoisotopic (exact) mass is 208 g/mol. The third-order valence-corrected chi connectivity index (χ3v) is 2.08. The van der Waals surface area contributed by atoms with Gasteiger partial charge in [0.1, 0.15) is 5.75 Å². The lowest BCUT2D eigenvalue weighted by molar-refractivity contribution is 0.100. The standard InChI is InChI=1S/C11H16N2O2/c1-8(6-12)7-15-10-4-2-9(3-5-10)11(13)14/h2-5,8H,6-7,12H2,1H3,(H2,13,14). The number of benzene rings is 1. The van der Waals surface area contributed by atoms with Crippen LogP contribution in [0.4, 0.5) is 0 Å². The molecule has 15 heavy (non-hydrogen) atoms. The molecule has 0 aliphatic rings. The Morgan fingerprint density at radius 1 is 1.40 bits per heavy atom. The summed E-state index contributed by atoms with van der Waals surface area (Å²) in [6, 6.07) is 6.74. The summed E-state index contributed by atoms with van der Waals surface area (Å²) in [7, 11) is 0. The van der Waals surface area contributed by atoms with Crippen LogP contribution in [0.25, 0.3) is 0 Å². The summed E-state index contributed by atoms with van der Waals surface area (Å²) in [6.07, 6.45) is 0. The molecule has 0 radical (unpaired) electrons. The van der Waals surface area contributed by atoms with Gasteiger partial charge in [-0.15, -0.1) is 0 Å². The molecule has 0 saturated carbocycles. The fraction of sp³-hybridized carbons (Fsp3) is 0.364. The maximum atomic E-state index is 10.8. The second-order valence-corrected chi connectivity index (χ2v) is 3.54. The van der Waals surface area contributed by atoms with Gasteiger partial charge in [-0.05, 0) is 30.8 Å². The first-order valence-corrected chi connectivity index (χ1v) is 4.86. The zero-order valence-electron chi connectivity index (χ0n) is 8.77. The number of carbonyl (C=O) groups is 1. The van der Waals surface area contributed by atoms with Crippen LogP contribution in [0.5, 0.6) is 5.75 Å². The van der Waals surface area contributed by atoms with Crippen LogP contribution in [0.2, 0.25) is 0 Å². The molecule has 0 spiro atoms. The van der Waals surface area contributed by atoms with E-state index in [1.807, 2.05) is 6.92 Å². The Labute approximate surface area is 89.2 Å². The molecule has 0 aliphatic carbocycles. The number of hydrogen-bond donors (Lipinski definition) is 2. The van der Waals surface area contributed by atoms with Crippen molar-refractivity contribution in [2.24, 2.45) is 17.4 Å². The number of amides is 1. The molecule has 4 N–H and O–H groups in total. The molecule has 0 saturated heterocycles. The molecule has 0 bridgehead atoms. The van der Waals surface area contributed by atoms with Crippen molar-refractivity contribution in [3.63, 3.8) is 0 Å². The van der Waals surface area contributed by atoms with Crippen molar-refractivity contribution < 1.29 is 9.53 Å². The maximum absolute atomic E-state index is 10.8. The molecular formula is C11H16N2O2. The van der Waals surface area contributed by atoms with Crippen LogP contribution in [0.15, 0.2) is 24.3 Å². The Kier molecular flexibility index (Phi) is 4.12. The zero-order chi connectivity index (χ0) is 11.3. The summed E-state index contributed by atoms with van der Waals surface area (Å²) < 4.78 is 5.46. The average molecular weight is 208 g/mol. The minimum atomic E-state index is -0.433. The number of hydrogen-bond acceptors (Lipinski definition) is 3. The Morgan fingerprint density at radius 3 is 2.47 bits per heavy atom. The topological polar surface area (TPSA) is 78.3 Å². The molecule has 4 nitrogen and oxygen atoms in total. The molecule has 1 aromatic carbocycles. The van der Waals surface area contributed by atoms with Crippen molar-refractivity contribution in [1.29, 1.82) is 0 Å². The first kappa shape index (κ1) is 11.5. The SMILES string of the molecule is CC(CN)COc1ccc(C(N)=O)cc1. The molecule has 4 heteroatoms. The van der Waals surface area contributed by atoms with Crippen molar-refractivity contribution in [3.05, 3.63) is 29.8 Å². The van der Waals surface area contributed by atoms with Gasteiger partial charge in [-0.3, -0.25) is 4.79 Å². The van der Waals surface area contributed by atoms with E-state index in [9.17, 15) is 4.79 Å². The second-order valence-electron chi connectivity index (χ2n) is 3.54. The summed E-state index contributed by atoms with van der Waals surface area (Å²) in [4.78, 5) is 10.8. The quantitative estimate of drug-likeness (QED) is 0.749. The van der Waals surface area contributed by atoms with Crippen molar-refractivity contribution >= 4 is 5.91 Å². The van der Waals surface area contributed by atoms with Crippen LogP contribution in [0.3, 0.4) is 0 Å². The van der Waals surface area contributed by atoms with E-state index in [0.717, 1.165) is 5.75 Å². The highest BCUT2D eigenvalue weighted by molar-refractivity contribution is 5.92. The second kappa shape index (κ2) is 5.36. The van der Waals surface area contributed by atoms with Gasteiger partial charge in [0.05, 0.1) is 6.61 Å². The summed E-state index contributed by atoms with van der Waals surface area (Å²) in [5.41, 5.74) is 11.1. The Morgan fingerprint density at radius 2 is 2.00 bits per heavy atom. The highest BCUT2D eigenvalue weighted by atomic mass is 16.5. The molecular weight excluding hydrogens is 192 g/mol. The highest BCUT2D eigenvalue weighted by Crippen LogP contribution is 2.12. The fourth-order valence-corrected chi connectivity index (χ4v) is 1.02. The van der Waals surface area contributed by atoms with Gasteiger partial charge in [-0.1, -0.05) is 6.92 Å². The Bertz CT molecular complexity index is 322. The third-order valence-electron chi connectivity index (χ3n) is 2.08. The third kappa shape index (κ3) is 3.59. The molecule has 1 rings (SSSR count). The maximum Gasteiger partial charge on any atom is 0.248 e. The smallest absolute Gasteiger partial charge is 0.248 e. The Hall–Kier alpha value is -1.55. The van der Waals surface area contributed by atoms with E-state index in [0.29, 0.717) is 24.6 Å².